The van der Waals surface area contributed by atoms with Gasteiger partial charge in [0.25, 0.3) is 0 Å². The number of esters is 1. The molecule has 16 heavy (non-hydrogen) atoms. The van der Waals surface area contributed by atoms with Gasteiger partial charge >= 0.3 is 11.9 Å². The fourth-order valence-corrected chi connectivity index (χ4v) is 1.66. The molecule has 0 aliphatic carbocycles. The number of carbonyl (C=O) groups is 2. The Bertz CT molecular complexity index is 411. The first kappa shape index (κ1) is 12.2. The van der Waals surface area contributed by atoms with Crippen LogP contribution in [0.2, 0.25) is 0 Å². The van der Waals surface area contributed by atoms with Gasteiger partial charge in [0.1, 0.15) is 5.56 Å². The SMILES string of the molecule is COC(=O)c1cnn(C)c1C(C)CC(=O)O. The molecule has 1 aromatic rings. The first-order valence-electron chi connectivity index (χ1n) is 4.79. The number of carbonyl (C=O) groups excluding carboxylic acids is 1. The van der Waals surface area contributed by atoms with Crippen LogP contribution in [-0.2, 0) is 16.6 Å². The Morgan fingerprint density at radius 3 is 2.75 bits per heavy atom. The van der Waals surface area contributed by atoms with Gasteiger partial charge in [-0.05, 0) is 0 Å². The molecule has 0 aliphatic heterocycles. The smallest absolute Gasteiger partial charge is 0.341 e. The lowest BCUT2D eigenvalue weighted by molar-refractivity contribution is -0.137. The van der Waals surface area contributed by atoms with E-state index >= 15 is 0 Å². The maximum Gasteiger partial charge on any atom is 0.341 e. The highest BCUT2D eigenvalue weighted by molar-refractivity contribution is 5.90. The summed E-state index contributed by atoms with van der Waals surface area (Å²) >= 11 is 0. The molecular formula is C10H14N2O4. The first-order valence-corrected chi connectivity index (χ1v) is 4.79. The minimum absolute atomic E-state index is 0.0521. The Morgan fingerprint density at radius 1 is 1.62 bits per heavy atom. The number of methoxy groups -OCH3 is 1. The number of aliphatic carboxylic acids is 1. The van der Waals surface area contributed by atoms with Crippen molar-refractivity contribution < 1.29 is 19.4 Å². The molecule has 0 spiro atoms. The standard InChI is InChI=1S/C10H14N2O4/c1-6(4-8(13)14)9-7(10(15)16-3)5-11-12(9)2/h5-6H,4H2,1-3H3,(H,13,14). The Hall–Kier alpha value is -1.85. The molecule has 0 amide bonds. The van der Waals surface area contributed by atoms with Gasteiger partial charge in [-0.3, -0.25) is 9.48 Å². The van der Waals surface area contributed by atoms with Crippen LogP contribution < -0.4 is 0 Å². The summed E-state index contributed by atoms with van der Waals surface area (Å²) in [5, 5.41) is 12.7. The summed E-state index contributed by atoms with van der Waals surface area (Å²) in [7, 11) is 2.95. The van der Waals surface area contributed by atoms with Crippen molar-refractivity contribution in [3.8, 4) is 0 Å². The number of aromatic nitrogens is 2. The van der Waals surface area contributed by atoms with E-state index in [1.807, 2.05) is 0 Å². The van der Waals surface area contributed by atoms with Crippen molar-refractivity contribution in [1.82, 2.24) is 9.78 Å². The van der Waals surface area contributed by atoms with E-state index in [2.05, 4.69) is 9.84 Å². The van der Waals surface area contributed by atoms with Gasteiger partial charge in [-0.25, -0.2) is 4.79 Å². The predicted molar refractivity (Wildman–Crippen MR) is 55.2 cm³/mol. The molecule has 1 N–H and O–H groups in total. The Balaban J connectivity index is 3.06. The van der Waals surface area contributed by atoms with Crippen molar-refractivity contribution in [3.63, 3.8) is 0 Å². The third kappa shape index (κ3) is 2.39. The highest BCUT2D eigenvalue weighted by Crippen LogP contribution is 2.22. The lowest BCUT2D eigenvalue weighted by atomic mass is 10.0. The second kappa shape index (κ2) is 4.78. The molecule has 0 fully saturated rings. The second-order valence-corrected chi connectivity index (χ2v) is 3.56. The van der Waals surface area contributed by atoms with Gasteiger partial charge in [0, 0.05) is 13.0 Å². The predicted octanol–water partition coefficient (Wildman–Crippen LogP) is 0.785. The van der Waals surface area contributed by atoms with E-state index in [4.69, 9.17) is 5.11 Å². The van der Waals surface area contributed by atoms with Crippen LogP contribution in [-0.4, -0.2) is 33.9 Å². The summed E-state index contributed by atoms with van der Waals surface area (Å²) in [5.41, 5.74) is 0.896. The minimum Gasteiger partial charge on any atom is -0.481 e. The summed E-state index contributed by atoms with van der Waals surface area (Å²) in [6.45, 7) is 1.73. The molecule has 0 saturated carbocycles. The first-order chi connectivity index (χ1) is 7.47. The number of carboxylic acids is 1. The van der Waals surface area contributed by atoms with Crippen molar-refractivity contribution in [1.29, 1.82) is 0 Å². The molecule has 1 heterocycles. The van der Waals surface area contributed by atoms with Gasteiger partial charge in [-0.1, -0.05) is 6.92 Å². The van der Waals surface area contributed by atoms with Crippen LogP contribution >= 0.6 is 0 Å². The summed E-state index contributed by atoms with van der Waals surface area (Å²) < 4.78 is 6.11. The third-order valence-electron chi connectivity index (χ3n) is 2.34. The number of ether oxygens (including phenoxy) is 1. The average molecular weight is 226 g/mol. The van der Waals surface area contributed by atoms with E-state index in [0.717, 1.165) is 0 Å². The molecule has 1 atom stereocenters. The summed E-state index contributed by atoms with van der Waals surface area (Å²) in [6, 6.07) is 0. The minimum atomic E-state index is -0.912. The second-order valence-electron chi connectivity index (χ2n) is 3.56. The maximum atomic E-state index is 11.4. The van der Waals surface area contributed by atoms with Crippen LogP contribution in [0.15, 0.2) is 6.20 Å². The molecule has 0 aliphatic rings. The molecular weight excluding hydrogens is 212 g/mol. The van der Waals surface area contributed by atoms with Crippen molar-refractivity contribution in [2.45, 2.75) is 19.3 Å². The molecule has 0 aromatic carbocycles. The van der Waals surface area contributed by atoms with Crippen molar-refractivity contribution in [2.75, 3.05) is 7.11 Å². The number of nitrogens with zero attached hydrogens (tertiary/aromatic N) is 2. The summed E-state index contributed by atoms with van der Waals surface area (Å²) in [6.07, 6.45) is 1.34. The highest BCUT2D eigenvalue weighted by Gasteiger charge is 2.22. The molecule has 1 unspecified atom stereocenters. The number of carboxylic acid groups (broad SMARTS) is 1. The van der Waals surface area contributed by atoms with Crippen LogP contribution in [0.1, 0.15) is 35.3 Å². The molecule has 6 heteroatoms. The fourth-order valence-electron chi connectivity index (χ4n) is 1.66. The van der Waals surface area contributed by atoms with E-state index in [0.29, 0.717) is 11.3 Å². The molecule has 1 rings (SSSR count). The summed E-state index contributed by atoms with van der Waals surface area (Å²) in [4.78, 5) is 22.0. The van der Waals surface area contributed by atoms with Crippen LogP contribution in [0.25, 0.3) is 0 Å². The molecule has 1 aromatic heterocycles. The van der Waals surface area contributed by atoms with Crippen LogP contribution in [0, 0.1) is 0 Å². The van der Waals surface area contributed by atoms with Crippen molar-refractivity contribution >= 4 is 11.9 Å². The van der Waals surface area contributed by atoms with Crippen LogP contribution in [0.5, 0.6) is 0 Å². The molecule has 0 radical (unpaired) electrons. The quantitative estimate of drug-likeness (QED) is 0.767. The van der Waals surface area contributed by atoms with E-state index in [1.54, 1.807) is 14.0 Å². The third-order valence-corrected chi connectivity index (χ3v) is 2.34. The van der Waals surface area contributed by atoms with Gasteiger partial charge in [0.15, 0.2) is 0 Å². The lowest BCUT2D eigenvalue weighted by Crippen LogP contribution is -2.12. The zero-order valence-electron chi connectivity index (χ0n) is 9.43. The molecule has 0 bridgehead atoms. The average Bonchev–Trinajstić information content (AvgIpc) is 2.58. The maximum absolute atomic E-state index is 11.4. The molecule has 6 nitrogen and oxygen atoms in total. The van der Waals surface area contributed by atoms with E-state index in [1.165, 1.54) is 18.0 Å². The molecule has 0 saturated heterocycles. The highest BCUT2D eigenvalue weighted by atomic mass is 16.5. The van der Waals surface area contributed by atoms with E-state index < -0.39 is 11.9 Å². The number of hydrogen-bond donors (Lipinski definition) is 1. The van der Waals surface area contributed by atoms with Crippen LogP contribution in [0.3, 0.4) is 0 Å². The normalized spacial score (nSPS) is 12.2. The number of aryl methyl sites for hydroxylation is 1. The van der Waals surface area contributed by atoms with E-state index in [-0.39, 0.29) is 12.3 Å². The fraction of sp³-hybridized carbons (Fsp3) is 0.500. The topological polar surface area (TPSA) is 81.4 Å². The summed E-state index contributed by atoms with van der Waals surface area (Å²) in [5.74, 6) is -1.70. The largest absolute Gasteiger partial charge is 0.481 e. The lowest BCUT2D eigenvalue weighted by Gasteiger charge is -2.11. The Morgan fingerprint density at radius 2 is 2.25 bits per heavy atom. The van der Waals surface area contributed by atoms with Crippen molar-refractivity contribution in [3.05, 3.63) is 17.5 Å². The Labute approximate surface area is 92.8 Å². The number of hydrogen-bond acceptors (Lipinski definition) is 4. The number of rotatable bonds is 4. The van der Waals surface area contributed by atoms with Crippen molar-refractivity contribution in [2.24, 2.45) is 7.05 Å². The van der Waals surface area contributed by atoms with Crippen LogP contribution in [0.4, 0.5) is 0 Å². The Kier molecular flexibility index (Phi) is 3.65. The van der Waals surface area contributed by atoms with Gasteiger partial charge in [-0.2, -0.15) is 5.10 Å². The van der Waals surface area contributed by atoms with E-state index in [9.17, 15) is 9.59 Å². The molecule has 88 valence electrons. The zero-order chi connectivity index (χ0) is 12.3. The monoisotopic (exact) mass is 226 g/mol. The van der Waals surface area contributed by atoms with Gasteiger partial charge < -0.3 is 9.84 Å². The zero-order valence-corrected chi connectivity index (χ0v) is 9.43. The van der Waals surface area contributed by atoms with Gasteiger partial charge in [0.05, 0.1) is 25.4 Å². The van der Waals surface area contributed by atoms with Gasteiger partial charge in [-0.15, -0.1) is 0 Å². The van der Waals surface area contributed by atoms with Gasteiger partial charge in [0.2, 0.25) is 0 Å².